The smallest absolute Gasteiger partial charge is 0.227 e. The van der Waals surface area contributed by atoms with Gasteiger partial charge in [0.2, 0.25) is 11.8 Å². The molecule has 0 heterocycles. The summed E-state index contributed by atoms with van der Waals surface area (Å²) in [4.78, 5) is 23.9. The Kier molecular flexibility index (Phi) is 4.91. The SMILES string of the molecule is O=C(CC(O)c1ccccc1)Nc1cccc(NC(=O)C2CC2)c1. The number of benzene rings is 2. The molecule has 2 aromatic rings. The van der Waals surface area contributed by atoms with Crippen LogP contribution in [0.4, 0.5) is 11.4 Å². The molecule has 0 spiro atoms. The highest BCUT2D eigenvalue weighted by Crippen LogP contribution is 2.30. The zero-order valence-corrected chi connectivity index (χ0v) is 13.2. The molecule has 1 aliphatic carbocycles. The van der Waals surface area contributed by atoms with Crippen molar-refractivity contribution in [3.63, 3.8) is 0 Å². The van der Waals surface area contributed by atoms with Crippen LogP contribution < -0.4 is 10.6 Å². The van der Waals surface area contributed by atoms with Gasteiger partial charge in [-0.3, -0.25) is 9.59 Å². The molecule has 124 valence electrons. The maximum atomic E-state index is 12.1. The van der Waals surface area contributed by atoms with Crippen molar-refractivity contribution in [2.24, 2.45) is 5.92 Å². The molecule has 5 nitrogen and oxygen atoms in total. The van der Waals surface area contributed by atoms with Crippen LogP contribution >= 0.6 is 0 Å². The first-order valence-electron chi connectivity index (χ1n) is 8.05. The lowest BCUT2D eigenvalue weighted by molar-refractivity contribution is -0.118. The summed E-state index contributed by atoms with van der Waals surface area (Å²) in [7, 11) is 0. The molecule has 5 heteroatoms. The van der Waals surface area contributed by atoms with Gasteiger partial charge in [0.15, 0.2) is 0 Å². The third-order valence-corrected chi connectivity index (χ3v) is 3.93. The van der Waals surface area contributed by atoms with Crippen LogP contribution in [0.5, 0.6) is 0 Å². The van der Waals surface area contributed by atoms with Crippen LogP contribution in [0.2, 0.25) is 0 Å². The lowest BCUT2D eigenvalue weighted by Crippen LogP contribution is -2.16. The average molecular weight is 324 g/mol. The fraction of sp³-hybridized carbons (Fsp3) is 0.263. The first-order chi connectivity index (χ1) is 11.6. The third-order valence-electron chi connectivity index (χ3n) is 3.93. The Labute approximate surface area is 140 Å². The quantitative estimate of drug-likeness (QED) is 0.764. The molecule has 2 aromatic carbocycles. The Morgan fingerprint density at radius 1 is 1.00 bits per heavy atom. The molecule has 1 fully saturated rings. The van der Waals surface area contributed by atoms with Crippen molar-refractivity contribution in [3.05, 3.63) is 60.2 Å². The van der Waals surface area contributed by atoms with E-state index in [-0.39, 0.29) is 24.2 Å². The maximum absolute atomic E-state index is 12.1. The molecule has 0 aromatic heterocycles. The van der Waals surface area contributed by atoms with Gasteiger partial charge >= 0.3 is 0 Å². The van der Waals surface area contributed by atoms with Gasteiger partial charge in [-0.05, 0) is 36.6 Å². The number of aliphatic hydroxyl groups excluding tert-OH is 1. The predicted octanol–water partition coefficient (Wildman–Crippen LogP) is 3.10. The molecule has 24 heavy (non-hydrogen) atoms. The summed E-state index contributed by atoms with van der Waals surface area (Å²) in [6.45, 7) is 0. The Morgan fingerprint density at radius 3 is 2.33 bits per heavy atom. The molecule has 2 amide bonds. The van der Waals surface area contributed by atoms with Gasteiger partial charge in [0, 0.05) is 17.3 Å². The standard InChI is InChI=1S/C19H20N2O3/c22-17(13-5-2-1-3-6-13)12-18(23)20-15-7-4-8-16(11-15)21-19(24)14-9-10-14/h1-8,11,14,17,22H,9-10,12H2,(H,20,23)(H,21,24). The Hall–Kier alpha value is -2.66. The molecular weight excluding hydrogens is 304 g/mol. The third kappa shape index (κ3) is 4.43. The van der Waals surface area contributed by atoms with Crippen molar-refractivity contribution in [1.29, 1.82) is 0 Å². The number of hydrogen-bond donors (Lipinski definition) is 3. The van der Waals surface area contributed by atoms with Crippen molar-refractivity contribution in [2.75, 3.05) is 10.6 Å². The monoisotopic (exact) mass is 324 g/mol. The minimum Gasteiger partial charge on any atom is -0.388 e. The summed E-state index contributed by atoms with van der Waals surface area (Å²) >= 11 is 0. The first-order valence-corrected chi connectivity index (χ1v) is 8.05. The zero-order valence-electron chi connectivity index (χ0n) is 13.2. The largest absolute Gasteiger partial charge is 0.388 e. The van der Waals surface area contributed by atoms with Gasteiger partial charge in [0.1, 0.15) is 0 Å². The first kappa shape index (κ1) is 16.2. The van der Waals surface area contributed by atoms with E-state index in [0.717, 1.165) is 12.8 Å². The van der Waals surface area contributed by atoms with Gasteiger partial charge in [0.25, 0.3) is 0 Å². The van der Waals surface area contributed by atoms with Crippen LogP contribution in [-0.4, -0.2) is 16.9 Å². The topological polar surface area (TPSA) is 78.4 Å². The van der Waals surface area contributed by atoms with Crippen molar-refractivity contribution in [3.8, 4) is 0 Å². The second kappa shape index (κ2) is 7.27. The van der Waals surface area contributed by atoms with Crippen molar-refractivity contribution >= 4 is 23.2 Å². The second-order valence-electron chi connectivity index (χ2n) is 6.02. The van der Waals surface area contributed by atoms with E-state index in [1.807, 2.05) is 18.2 Å². The maximum Gasteiger partial charge on any atom is 0.227 e. The van der Waals surface area contributed by atoms with Crippen LogP contribution in [0.1, 0.15) is 30.9 Å². The fourth-order valence-electron chi connectivity index (χ4n) is 2.45. The van der Waals surface area contributed by atoms with Gasteiger partial charge in [-0.25, -0.2) is 0 Å². The molecule has 1 aliphatic rings. The number of carbonyl (C=O) groups is 2. The van der Waals surface area contributed by atoms with Crippen molar-refractivity contribution < 1.29 is 14.7 Å². The van der Waals surface area contributed by atoms with Crippen LogP contribution in [0.25, 0.3) is 0 Å². The van der Waals surface area contributed by atoms with E-state index in [9.17, 15) is 14.7 Å². The number of nitrogens with one attached hydrogen (secondary N) is 2. The van der Waals surface area contributed by atoms with Gasteiger partial charge in [-0.1, -0.05) is 36.4 Å². The van der Waals surface area contributed by atoms with Crippen LogP contribution in [0.3, 0.4) is 0 Å². The molecule has 3 rings (SSSR count). The number of hydrogen-bond acceptors (Lipinski definition) is 3. The van der Waals surface area contributed by atoms with E-state index in [2.05, 4.69) is 10.6 Å². The lowest BCUT2D eigenvalue weighted by Gasteiger charge is -2.12. The average Bonchev–Trinajstić information content (AvgIpc) is 3.41. The molecule has 1 unspecified atom stereocenters. The molecule has 3 N–H and O–H groups in total. The Balaban J connectivity index is 1.56. The number of anilines is 2. The highest BCUT2D eigenvalue weighted by atomic mass is 16.3. The summed E-state index contributed by atoms with van der Waals surface area (Å²) in [5.74, 6) is -0.126. The van der Waals surface area contributed by atoms with Crippen LogP contribution in [0, 0.1) is 5.92 Å². The summed E-state index contributed by atoms with van der Waals surface area (Å²) in [5, 5.41) is 15.7. The molecule has 1 atom stereocenters. The molecule has 0 radical (unpaired) electrons. The van der Waals surface area contributed by atoms with E-state index >= 15 is 0 Å². The highest BCUT2D eigenvalue weighted by Gasteiger charge is 2.29. The Bertz CT molecular complexity index is 726. The highest BCUT2D eigenvalue weighted by molar-refractivity contribution is 5.96. The van der Waals surface area contributed by atoms with E-state index in [1.54, 1.807) is 36.4 Å². The van der Waals surface area contributed by atoms with Crippen LogP contribution in [-0.2, 0) is 9.59 Å². The van der Waals surface area contributed by atoms with Crippen molar-refractivity contribution in [2.45, 2.75) is 25.4 Å². The summed E-state index contributed by atoms with van der Waals surface area (Å²) < 4.78 is 0. The van der Waals surface area contributed by atoms with E-state index in [1.165, 1.54) is 0 Å². The number of rotatable bonds is 6. The van der Waals surface area contributed by atoms with Gasteiger partial charge < -0.3 is 15.7 Å². The van der Waals surface area contributed by atoms with Crippen LogP contribution in [0.15, 0.2) is 54.6 Å². The number of amides is 2. The summed E-state index contributed by atoms with van der Waals surface area (Å²) in [5.41, 5.74) is 1.96. The minimum absolute atomic E-state index is 0.0251. The van der Waals surface area contributed by atoms with E-state index in [0.29, 0.717) is 16.9 Å². The molecule has 0 aliphatic heterocycles. The van der Waals surface area contributed by atoms with Gasteiger partial charge in [-0.2, -0.15) is 0 Å². The molecule has 0 bridgehead atoms. The normalized spacial score (nSPS) is 14.7. The van der Waals surface area contributed by atoms with Gasteiger partial charge in [-0.15, -0.1) is 0 Å². The summed E-state index contributed by atoms with van der Waals surface area (Å²) in [6, 6.07) is 16.1. The number of aliphatic hydroxyl groups is 1. The second-order valence-corrected chi connectivity index (χ2v) is 6.02. The lowest BCUT2D eigenvalue weighted by atomic mass is 10.1. The van der Waals surface area contributed by atoms with Gasteiger partial charge in [0.05, 0.1) is 12.5 Å². The van der Waals surface area contributed by atoms with Crippen molar-refractivity contribution in [1.82, 2.24) is 0 Å². The number of carbonyl (C=O) groups excluding carboxylic acids is 2. The fourth-order valence-corrected chi connectivity index (χ4v) is 2.45. The Morgan fingerprint density at radius 2 is 1.67 bits per heavy atom. The zero-order chi connectivity index (χ0) is 16.9. The summed E-state index contributed by atoms with van der Waals surface area (Å²) in [6.07, 6.45) is 1.02. The van der Waals surface area contributed by atoms with E-state index in [4.69, 9.17) is 0 Å². The van der Waals surface area contributed by atoms with E-state index < -0.39 is 6.10 Å². The minimum atomic E-state index is -0.844. The molecule has 1 saturated carbocycles. The predicted molar refractivity (Wildman–Crippen MR) is 92.4 cm³/mol. The molecule has 0 saturated heterocycles. The molecular formula is C19H20N2O3.